The van der Waals surface area contributed by atoms with Crippen molar-refractivity contribution < 1.29 is 31.9 Å². The van der Waals surface area contributed by atoms with Crippen molar-refractivity contribution in [2.75, 3.05) is 13.2 Å². The molecule has 2 aromatic rings. The highest BCUT2D eigenvalue weighted by Gasteiger charge is 2.30. The van der Waals surface area contributed by atoms with E-state index in [2.05, 4.69) is 5.32 Å². The van der Waals surface area contributed by atoms with E-state index in [1.54, 1.807) is 6.07 Å². The second-order valence-electron chi connectivity index (χ2n) is 6.63. The lowest BCUT2D eigenvalue weighted by molar-refractivity contribution is -0.137. The van der Waals surface area contributed by atoms with Crippen LogP contribution in [-0.2, 0) is 22.3 Å². The Bertz CT molecular complexity index is 954. The van der Waals surface area contributed by atoms with Gasteiger partial charge in [-0.1, -0.05) is 6.07 Å². The van der Waals surface area contributed by atoms with Gasteiger partial charge in [0.2, 0.25) is 0 Å². The van der Waals surface area contributed by atoms with Gasteiger partial charge < -0.3 is 19.2 Å². The number of nitrogens with one attached hydrogen (secondary N) is 1. The van der Waals surface area contributed by atoms with Gasteiger partial charge in [-0.2, -0.15) is 18.4 Å². The van der Waals surface area contributed by atoms with Crippen molar-refractivity contribution in [3.8, 4) is 11.8 Å². The molecule has 1 aromatic carbocycles. The van der Waals surface area contributed by atoms with Crippen LogP contribution in [0.5, 0.6) is 5.75 Å². The SMILES string of the molecule is N#C/C(=C\c1ccc(COc2cccc(C(F)(F)F)c2)o1)C(=O)NCC1CCCO1. The fourth-order valence-corrected chi connectivity index (χ4v) is 2.86. The van der Waals surface area contributed by atoms with E-state index in [0.29, 0.717) is 18.9 Å². The van der Waals surface area contributed by atoms with Crippen LogP contribution in [0.1, 0.15) is 29.9 Å². The fourth-order valence-electron chi connectivity index (χ4n) is 2.86. The standard InChI is InChI=1S/C21H19F3N2O4/c22-21(23,24)15-3-1-4-16(10-15)29-13-19-7-6-17(30-19)9-14(11-25)20(27)26-12-18-5-2-8-28-18/h1,3-4,6-7,9-10,18H,2,5,8,12-13H2,(H,26,27)/b14-9+. The molecule has 0 radical (unpaired) electrons. The molecule has 1 unspecified atom stereocenters. The lowest BCUT2D eigenvalue weighted by Gasteiger charge is -2.10. The van der Waals surface area contributed by atoms with Gasteiger partial charge in [-0.25, -0.2) is 0 Å². The first-order valence-electron chi connectivity index (χ1n) is 9.25. The summed E-state index contributed by atoms with van der Waals surface area (Å²) < 4.78 is 54.5. The number of nitrogens with zero attached hydrogens (tertiary/aromatic N) is 1. The average Bonchev–Trinajstić information content (AvgIpc) is 3.40. The van der Waals surface area contributed by atoms with E-state index >= 15 is 0 Å². The molecular weight excluding hydrogens is 401 g/mol. The molecule has 2 heterocycles. The van der Waals surface area contributed by atoms with Crippen LogP contribution in [0.2, 0.25) is 0 Å². The largest absolute Gasteiger partial charge is 0.486 e. The third-order valence-corrected chi connectivity index (χ3v) is 4.39. The molecule has 1 atom stereocenters. The van der Waals surface area contributed by atoms with Gasteiger partial charge in [-0.05, 0) is 43.2 Å². The Kier molecular flexibility index (Phi) is 6.79. The topological polar surface area (TPSA) is 84.5 Å². The molecule has 158 valence electrons. The van der Waals surface area contributed by atoms with Gasteiger partial charge in [0, 0.05) is 19.2 Å². The molecule has 1 aliphatic heterocycles. The summed E-state index contributed by atoms with van der Waals surface area (Å²) in [6, 6.07) is 9.43. The molecule has 0 spiro atoms. The summed E-state index contributed by atoms with van der Waals surface area (Å²) in [4.78, 5) is 12.2. The number of nitriles is 1. The number of hydrogen-bond donors (Lipinski definition) is 1. The molecule has 9 heteroatoms. The normalized spacial score (nSPS) is 16.9. The first-order valence-corrected chi connectivity index (χ1v) is 9.25. The van der Waals surface area contributed by atoms with Crippen molar-refractivity contribution in [2.45, 2.75) is 31.7 Å². The van der Waals surface area contributed by atoms with Crippen molar-refractivity contribution in [1.82, 2.24) is 5.32 Å². The Labute approximate surface area is 170 Å². The number of halogens is 3. The molecule has 3 rings (SSSR count). The molecule has 1 aromatic heterocycles. The molecule has 1 fully saturated rings. The highest BCUT2D eigenvalue weighted by molar-refractivity contribution is 6.01. The van der Waals surface area contributed by atoms with Gasteiger partial charge in [0.15, 0.2) is 0 Å². The maximum atomic E-state index is 12.8. The molecule has 1 N–H and O–H groups in total. The fraction of sp³-hybridized carbons (Fsp3) is 0.333. The lowest BCUT2D eigenvalue weighted by atomic mass is 10.2. The first-order chi connectivity index (χ1) is 14.3. The quantitative estimate of drug-likeness (QED) is 0.539. The summed E-state index contributed by atoms with van der Waals surface area (Å²) in [5, 5.41) is 11.9. The number of amides is 1. The van der Waals surface area contributed by atoms with Gasteiger partial charge >= 0.3 is 6.18 Å². The van der Waals surface area contributed by atoms with Crippen LogP contribution in [-0.4, -0.2) is 25.2 Å². The van der Waals surface area contributed by atoms with Crippen LogP contribution >= 0.6 is 0 Å². The monoisotopic (exact) mass is 420 g/mol. The van der Waals surface area contributed by atoms with E-state index in [4.69, 9.17) is 13.9 Å². The van der Waals surface area contributed by atoms with E-state index in [-0.39, 0.29) is 29.8 Å². The molecule has 1 amide bonds. The van der Waals surface area contributed by atoms with Crippen LogP contribution in [0.15, 0.2) is 46.4 Å². The van der Waals surface area contributed by atoms with E-state index in [0.717, 1.165) is 25.0 Å². The minimum absolute atomic E-state index is 0.0443. The van der Waals surface area contributed by atoms with E-state index in [1.807, 2.05) is 6.07 Å². The van der Waals surface area contributed by atoms with Gasteiger partial charge in [0.25, 0.3) is 5.91 Å². The lowest BCUT2D eigenvalue weighted by Crippen LogP contribution is -2.32. The summed E-state index contributed by atoms with van der Waals surface area (Å²) in [6.45, 7) is 0.883. The minimum atomic E-state index is -4.46. The maximum absolute atomic E-state index is 12.8. The number of alkyl halides is 3. The van der Waals surface area contributed by atoms with Crippen molar-refractivity contribution in [3.63, 3.8) is 0 Å². The molecule has 6 nitrogen and oxygen atoms in total. The molecule has 0 bridgehead atoms. The van der Waals surface area contributed by atoms with E-state index in [9.17, 15) is 23.2 Å². The third-order valence-electron chi connectivity index (χ3n) is 4.39. The van der Waals surface area contributed by atoms with E-state index < -0.39 is 17.6 Å². The predicted molar refractivity (Wildman–Crippen MR) is 100 cm³/mol. The Hall–Kier alpha value is -3.25. The summed E-state index contributed by atoms with van der Waals surface area (Å²) >= 11 is 0. The van der Waals surface area contributed by atoms with Crippen LogP contribution in [0.3, 0.4) is 0 Å². The number of hydrogen-bond acceptors (Lipinski definition) is 5. The number of furan rings is 1. The van der Waals surface area contributed by atoms with Gasteiger partial charge in [-0.3, -0.25) is 4.79 Å². The third kappa shape index (κ3) is 5.87. The molecule has 0 saturated carbocycles. The van der Waals surface area contributed by atoms with Crippen LogP contribution < -0.4 is 10.1 Å². The van der Waals surface area contributed by atoms with Crippen molar-refractivity contribution >= 4 is 12.0 Å². The summed E-state index contributed by atoms with van der Waals surface area (Å²) in [7, 11) is 0. The molecular formula is C21H19F3N2O4. The van der Waals surface area contributed by atoms with Crippen LogP contribution in [0, 0.1) is 11.3 Å². The number of rotatable bonds is 7. The van der Waals surface area contributed by atoms with Gasteiger partial charge in [0.1, 0.15) is 35.5 Å². The zero-order valence-corrected chi connectivity index (χ0v) is 15.9. The van der Waals surface area contributed by atoms with Crippen LogP contribution in [0.25, 0.3) is 6.08 Å². The van der Waals surface area contributed by atoms with Crippen molar-refractivity contribution in [1.29, 1.82) is 5.26 Å². The Morgan fingerprint density at radius 1 is 1.33 bits per heavy atom. The second-order valence-corrected chi connectivity index (χ2v) is 6.63. The van der Waals surface area contributed by atoms with Crippen molar-refractivity contribution in [2.24, 2.45) is 0 Å². The minimum Gasteiger partial charge on any atom is -0.486 e. The number of benzene rings is 1. The number of ether oxygens (including phenoxy) is 2. The number of carbonyl (C=O) groups is 1. The zero-order valence-electron chi connectivity index (χ0n) is 15.9. The molecule has 1 aliphatic rings. The van der Waals surface area contributed by atoms with Gasteiger partial charge in [0.05, 0.1) is 11.7 Å². The summed E-state index contributed by atoms with van der Waals surface area (Å²) in [5.41, 5.74) is -0.941. The molecule has 30 heavy (non-hydrogen) atoms. The highest BCUT2D eigenvalue weighted by atomic mass is 19.4. The number of carbonyl (C=O) groups excluding carboxylic acids is 1. The van der Waals surface area contributed by atoms with Crippen molar-refractivity contribution in [3.05, 3.63) is 59.1 Å². The highest BCUT2D eigenvalue weighted by Crippen LogP contribution is 2.31. The maximum Gasteiger partial charge on any atom is 0.416 e. The smallest absolute Gasteiger partial charge is 0.416 e. The zero-order chi connectivity index (χ0) is 21.6. The Balaban J connectivity index is 1.58. The molecule has 0 aliphatic carbocycles. The average molecular weight is 420 g/mol. The first kappa shape index (κ1) is 21.5. The Morgan fingerprint density at radius 2 is 2.17 bits per heavy atom. The molecule has 1 saturated heterocycles. The van der Waals surface area contributed by atoms with Gasteiger partial charge in [-0.15, -0.1) is 0 Å². The Morgan fingerprint density at radius 3 is 2.87 bits per heavy atom. The summed E-state index contributed by atoms with van der Waals surface area (Å²) in [6.07, 6.45) is -1.41. The van der Waals surface area contributed by atoms with E-state index in [1.165, 1.54) is 24.3 Å². The predicted octanol–water partition coefficient (Wildman–Crippen LogP) is 4.08. The van der Waals surface area contributed by atoms with Crippen LogP contribution in [0.4, 0.5) is 13.2 Å². The second kappa shape index (κ2) is 9.50. The summed E-state index contributed by atoms with van der Waals surface area (Å²) in [5.74, 6) is 0.0906.